The van der Waals surface area contributed by atoms with Crippen LogP contribution in [0.3, 0.4) is 0 Å². The van der Waals surface area contributed by atoms with Crippen molar-refractivity contribution < 1.29 is 4.79 Å². The second-order valence-corrected chi connectivity index (χ2v) is 4.08. The van der Waals surface area contributed by atoms with Crippen LogP contribution in [-0.2, 0) is 4.79 Å². The van der Waals surface area contributed by atoms with Crippen molar-refractivity contribution in [2.75, 3.05) is 19.6 Å². The van der Waals surface area contributed by atoms with Crippen molar-refractivity contribution in [3.05, 3.63) is 12.7 Å². The lowest BCUT2D eigenvalue weighted by Crippen LogP contribution is -2.41. The smallest absolute Gasteiger partial charge is 0.236 e. The first-order valence-electron chi connectivity index (χ1n) is 5.90. The Kier molecular flexibility index (Phi) is 5.40. The van der Waals surface area contributed by atoms with Gasteiger partial charge in [-0.2, -0.15) is 0 Å². The molecule has 1 aliphatic rings. The highest BCUT2D eigenvalue weighted by Gasteiger charge is 2.16. The van der Waals surface area contributed by atoms with Gasteiger partial charge in [0.25, 0.3) is 0 Å². The van der Waals surface area contributed by atoms with Crippen LogP contribution in [0.15, 0.2) is 12.7 Å². The van der Waals surface area contributed by atoms with Crippen LogP contribution < -0.4 is 5.32 Å². The molecule has 0 atom stereocenters. The van der Waals surface area contributed by atoms with Gasteiger partial charge in [0.05, 0.1) is 6.54 Å². The average Bonchev–Trinajstić information content (AvgIpc) is 2.75. The number of amides is 1. The Morgan fingerprint density at radius 1 is 1.53 bits per heavy atom. The second kappa shape index (κ2) is 6.62. The zero-order chi connectivity index (χ0) is 11.1. The lowest BCUT2D eigenvalue weighted by atomic mass is 10.2. The summed E-state index contributed by atoms with van der Waals surface area (Å²) in [6, 6.07) is 0.566. The summed E-state index contributed by atoms with van der Waals surface area (Å²) in [4.78, 5) is 13.6. The fourth-order valence-corrected chi connectivity index (χ4v) is 2.04. The third kappa shape index (κ3) is 4.04. The van der Waals surface area contributed by atoms with E-state index >= 15 is 0 Å². The van der Waals surface area contributed by atoms with Crippen molar-refractivity contribution >= 4 is 5.91 Å². The quantitative estimate of drug-likeness (QED) is 0.675. The maximum atomic E-state index is 11.7. The molecule has 1 saturated carbocycles. The third-order valence-corrected chi connectivity index (χ3v) is 2.98. The summed E-state index contributed by atoms with van der Waals surface area (Å²) in [5.41, 5.74) is 0. The van der Waals surface area contributed by atoms with Crippen LogP contribution in [0.2, 0.25) is 0 Å². The maximum absolute atomic E-state index is 11.7. The first kappa shape index (κ1) is 12.2. The standard InChI is InChI=1S/C12H22N2O/c1-3-9-14(4-2)12(15)10-13-11-7-5-6-8-11/h3,11,13H,1,4-10H2,2H3. The SMILES string of the molecule is C=CCN(CC)C(=O)CNC1CCCC1. The van der Waals surface area contributed by atoms with Crippen LogP contribution in [0.25, 0.3) is 0 Å². The number of nitrogens with zero attached hydrogens (tertiary/aromatic N) is 1. The topological polar surface area (TPSA) is 32.3 Å². The molecule has 0 spiro atoms. The molecule has 0 aromatic carbocycles. The molecule has 1 amide bonds. The van der Waals surface area contributed by atoms with Gasteiger partial charge in [-0.3, -0.25) is 4.79 Å². The number of rotatable bonds is 6. The number of nitrogens with one attached hydrogen (secondary N) is 1. The Bertz CT molecular complexity index is 210. The van der Waals surface area contributed by atoms with E-state index in [1.54, 1.807) is 6.08 Å². The van der Waals surface area contributed by atoms with Crippen molar-refractivity contribution in [2.24, 2.45) is 0 Å². The zero-order valence-electron chi connectivity index (χ0n) is 9.67. The number of carbonyl (C=O) groups is 1. The normalized spacial score (nSPS) is 16.6. The van der Waals surface area contributed by atoms with E-state index in [4.69, 9.17) is 0 Å². The van der Waals surface area contributed by atoms with Crippen LogP contribution >= 0.6 is 0 Å². The molecule has 15 heavy (non-hydrogen) atoms. The molecule has 1 fully saturated rings. The fourth-order valence-electron chi connectivity index (χ4n) is 2.04. The summed E-state index contributed by atoms with van der Waals surface area (Å²) < 4.78 is 0. The van der Waals surface area contributed by atoms with Crippen LogP contribution in [0.5, 0.6) is 0 Å². The van der Waals surface area contributed by atoms with Gasteiger partial charge < -0.3 is 10.2 Å². The molecule has 0 aromatic heterocycles. The summed E-state index contributed by atoms with van der Waals surface area (Å²) >= 11 is 0. The van der Waals surface area contributed by atoms with Crippen molar-refractivity contribution in [2.45, 2.75) is 38.6 Å². The van der Waals surface area contributed by atoms with E-state index < -0.39 is 0 Å². The molecule has 0 bridgehead atoms. The van der Waals surface area contributed by atoms with E-state index in [9.17, 15) is 4.79 Å². The van der Waals surface area contributed by atoms with E-state index in [2.05, 4.69) is 11.9 Å². The Labute approximate surface area is 92.5 Å². The summed E-state index contributed by atoms with van der Waals surface area (Å²) in [5.74, 6) is 0.185. The van der Waals surface area contributed by atoms with E-state index in [1.165, 1.54) is 25.7 Å². The monoisotopic (exact) mass is 210 g/mol. The van der Waals surface area contributed by atoms with Gasteiger partial charge in [-0.05, 0) is 19.8 Å². The highest BCUT2D eigenvalue weighted by atomic mass is 16.2. The van der Waals surface area contributed by atoms with Gasteiger partial charge >= 0.3 is 0 Å². The summed E-state index contributed by atoms with van der Waals surface area (Å²) in [7, 11) is 0. The summed E-state index contributed by atoms with van der Waals surface area (Å²) in [6.45, 7) is 7.55. The Morgan fingerprint density at radius 3 is 2.73 bits per heavy atom. The minimum Gasteiger partial charge on any atom is -0.338 e. The van der Waals surface area contributed by atoms with Gasteiger partial charge in [0.2, 0.25) is 5.91 Å². The Morgan fingerprint density at radius 2 is 2.20 bits per heavy atom. The van der Waals surface area contributed by atoms with Gasteiger partial charge in [0.15, 0.2) is 0 Å². The molecule has 1 rings (SSSR count). The van der Waals surface area contributed by atoms with Crippen LogP contribution in [0, 0.1) is 0 Å². The van der Waals surface area contributed by atoms with Crippen LogP contribution in [0.4, 0.5) is 0 Å². The fraction of sp³-hybridized carbons (Fsp3) is 0.750. The highest BCUT2D eigenvalue weighted by molar-refractivity contribution is 5.78. The van der Waals surface area contributed by atoms with E-state index in [0.29, 0.717) is 19.1 Å². The Balaban J connectivity index is 2.23. The maximum Gasteiger partial charge on any atom is 0.236 e. The molecule has 3 nitrogen and oxygen atoms in total. The van der Waals surface area contributed by atoms with Crippen LogP contribution in [-0.4, -0.2) is 36.5 Å². The zero-order valence-corrected chi connectivity index (χ0v) is 9.67. The minimum atomic E-state index is 0.185. The first-order chi connectivity index (χ1) is 7.27. The van der Waals surface area contributed by atoms with Gasteiger partial charge in [-0.15, -0.1) is 6.58 Å². The third-order valence-electron chi connectivity index (χ3n) is 2.98. The molecule has 0 radical (unpaired) electrons. The van der Waals surface area contributed by atoms with Gasteiger partial charge in [0, 0.05) is 19.1 Å². The molecule has 1 aliphatic carbocycles. The lowest BCUT2D eigenvalue weighted by Gasteiger charge is -2.20. The summed E-state index contributed by atoms with van der Waals surface area (Å²) in [6.07, 6.45) is 6.82. The second-order valence-electron chi connectivity index (χ2n) is 4.08. The van der Waals surface area contributed by atoms with E-state index in [1.807, 2.05) is 11.8 Å². The van der Waals surface area contributed by atoms with Crippen LogP contribution in [0.1, 0.15) is 32.6 Å². The van der Waals surface area contributed by atoms with E-state index in [0.717, 1.165) is 6.54 Å². The molecule has 0 aliphatic heterocycles. The van der Waals surface area contributed by atoms with Crippen molar-refractivity contribution in [1.29, 1.82) is 0 Å². The molecular formula is C12H22N2O. The number of carbonyl (C=O) groups excluding carboxylic acids is 1. The largest absolute Gasteiger partial charge is 0.338 e. The first-order valence-corrected chi connectivity index (χ1v) is 5.90. The lowest BCUT2D eigenvalue weighted by molar-refractivity contribution is -0.129. The molecular weight excluding hydrogens is 188 g/mol. The van der Waals surface area contributed by atoms with Gasteiger partial charge in [-0.25, -0.2) is 0 Å². The number of hydrogen-bond donors (Lipinski definition) is 1. The number of hydrogen-bond acceptors (Lipinski definition) is 2. The molecule has 86 valence electrons. The average molecular weight is 210 g/mol. The minimum absolute atomic E-state index is 0.185. The van der Waals surface area contributed by atoms with Gasteiger partial charge in [-0.1, -0.05) is 18.9 Å². The molecule has 3 heteroatoms. The molecule has 0 saturated heterocycles. The molecule has 0 heterocycles. The predicted molar refractivity (Wildman–Crippen MR) is 62.7 cm³/mol. The van der Waals surface area contributed by atoms with Crippen molar-refractivity contribution in [3.63, 3.8) is 0 Å². The summed E-state index contributed by atoms with van der Waals surface area (Å²) in [5, 5.41) is 3.33. The number of likely N-dealkylation sites (N-methyl/N-ethyl adjacent to an activating group) is 1. The molecule has 0 aromatic rings. The predicted octanol–water partition coefficient (Wildman–Crippen LogP) is 1.55. The molecule has 1 N–H and O–H groups in total. The molecule has 0 unspecified atom stereocenters. The highest BCUT2D eigenvalue weighted by Crippen LogP contribution is 2.17. The van der Waals surface area contributed by atoms with Crippen molar-refractivity contribution in [3.8, 4) is 0 Å². The Hall–Kier alpha value is -0.830. The van der Waals surface area contributed by atoms with Crippen molar-refractivity contribution in [1.82, 2.24) is 10.2 Å². The van der Waals surface area contributed by atoms with Gasteiger partial charge in [0.1, 0.15) is 0 Å². The van der Waals surface area contributed by atoms with E-state index in [-0.39, 0.29) is 5.91 Å².